The van der Waals surface area contributed by atoms with Gasteiger partial charge in [-0.3, -0.25) is 5.10 Å². The molecule has 0 aliphatic rings. The Bertz CT molecular complexity index is 639. The lowest BCUT2D eigenvalue weighted by atomic mass is 10.3. The Balaban J connectivity index is 1.78. The van der Waals surface area contributed by atoms with Gasteiger partial charge in [0.05, 0.1) is 6.20 Å². The van der Waals surface area contributed by atoms with Gasteiger partial charge in [0.2, 0.25) is 0 Å². The van der Waals surface area contributed by atoms with Gasteiger partial charge in [-0.25, -0.2) is 0 Å². The van der Waals surface area contributed by atoms with Gasteiger partial charge in [-0.2, -0.15) is 5.10 Å². The van der Waals surface area contributed by atoms with Gasteiger partial charge in [-0.1, -0.05) is 0 Å². The average Bonchev–Trinajstić information content (AvgIpc) is 2.94. The van der Waals surface area contributed by atoms with Gasteiger partial charge in [0, 0.05) is 12.1 Å². The highest BCUT2D eigenvalue weighted by molar-refractivity contribution is 5.44. The normalized spacial score (nSPS) is 10.8. The highest BCUT2D eigenvalue weighted by Crippen LogP contribution is 2.09. The minimum Gasteiger partial charge on any atom is -0.384 e. The van der Waals surface area contributed by atoms with E-state index < -0.39 is 0 Å². The molecule has 0 spiro atoms. The van der Waals surface area contributed by atoms with Crippen molar-refractivity contribution in [2.75, 3.05) is 11.1 Å². The number of aromatic nitrogens is 7. The number of anilines is 2. The summed E-state index contributed by atoms with van der Waals surface area (Å²) in [6.45, 7) is 0.531. The number of tetrazole rings is 1. The molecule has 0 aliphatic heterocycles. The van der Waals surface area contributed by atoms with Gasteiger partial charge in [0.25, 0.3) is 0 Å². The molecule has 17 heavy (non-hydrogen) atoms. The molecule has 3 heterocycles. The zero-order chi connectivity index (χ0) is 11.7. The van der Waals surface area contributed by atoms with Crippen molar-refractivity contribution < 1.29 is 0 Å². The third-order valence-electron chi connectivity index (χ3n) is 2.28. The number of aromatic amines is 1. The summed E-state index contributed by atoms with van der Waals surface area (Å²) in [7, 11) is 0. The predicted molar refractivity (Wildman–Crippen MR) is 58.9 cm³/mol. The van der Waals surface area contributed by atoms with Crippen LogP contribution < -0.4 is 11.1 Å². The van der Waals surface area contributed by atoms with Crippen molar-refractivity contribution in [2.45, 2.75) is 6.54 Å². The summed E-state index contributed by atoms with van der Waals surface area (Å²) >= 11 is 0. The molecule has 3 aromatic rings. The predicted octanol–water partition coefficient (Wildman–Crippen LogP) is -0.563. The van der Waals surface area contributed by atoms with Crippen LogP contribution in [0.4, 0.5) is 11.6 Å². The zero-order valence-corrected chi connectivity index (χ0v) is 8.70. The zero-order valence-electron chi connectivity index (χ0n) is 8.70. The van der Waals surface area contributed by atoms with E-state index in [9.17, 15) is 0 Å². The van der Waals surface area contributed by atoms with Crippen molar-refractivity contribution in [3.63, 3.8) is 0 Å². The van der Waals surface area contributed by atoms with Gasteiger partial charge in [0.1, 0.15) is 11.6 Å². The van der Waals surface area contributed by atoms with Crippen LogP contribution in [-0.4, -0.2) is 35.5 Å². The molecule has 86 valence electrons. The Morgan fingerprint density at radius 1 is 1.41 bits per heavy atom. The first-order valence-electron chi connectivity index (χ1n) is 4.90. The number of nitrogens with zero attached hydrogens (tertiary/aromatic N) is 6. The smallest absolute Gasteiger partial charge is 0.200 e. The molecular weight excluding hydrogens is 222 g/mol. The van der Waals surface area contributed by atoms with E-state index in [1.807, 2.05) is 0 Å². The molecule has 4 N–H and O–H groups in total. The first-order valence-corrected chi connectivity index (χ1v) is 4.90. The lowest BCUT2D eigenvalue weighted by Crippen LogP contribution is -2.05. The monoisotopic (exact) mass is 231 g/mol. The number of nitrogen functional groups attached to an aromatic ring is 1. The van der Waals surface area contributed by atoms with Gasteiger partial charge >= 0.3 is 0 Å². The van der Waals surface area contributed by atoms with Crippen molar-refractivity contribution >= 4 is 17.3 Å². The van der Waals surface area contributed by atoms with Crippen LogP contribution in [0.15, 0.2) is 18.3 Å². The molecule has 0 atom stereocenters. The van der Waals surface area contributed by atoms with Gasteiger partial charge < -0.3 is 11.1 Å². The Kier molecular flexibility index (Phi) is 2.07. The van der Waals surface area contributed by atoms with Crippen molar-refractivity contribution in [3.05, 3.63) is 23.9 Å². The number of nitrogens with two attached hydrogens (primary N) is 1. The van der Waals surface area contributed by atoms with Gasteiger partial charge in [-0.15, -0.1) is 14.8 Å². The maximum atomic E-state index is 5.66. The van der Waals surface area contributed by atoms with E-state index >= 15 is 0 Å². The number of hydrogen-bond acceptors (Lipinski definition) is 7. The molecular formula is C8H9N9. The van der Waals surface area contributed by atoms with E-state index in [4.69, 9.17) is 5.73 Å². The van der Waals surface area contributed by atoms with Crippen molar-refractivity contribution in [1.82, 2.24) is 35.5 Å². The second kappa shape index (κ2) is 3.70. The third kappa shape index (κ3) is 1.73. The fourth-order valence-electron chi connectivity index (χ4n) is 1.39. The molecule has 0 saturated carbocycles. The van der Waals surface area contributed by atoms with E-state index in [1.165, 1.54) is 4.63 Å². The first kappa shape index (κ1) is 9.51. The Hall–Kier alpha value is -2.71. The Morgan fingerprint density at radius 3 is 3.18 bits per heavy atom. The third-order valence-corrected chi connectivity index (χ3v) is 2.28. The fraction of sp³-hybridized carbons (Fsp3) is 0.125. The minimum atomic E-state index is 0.531. The Morgan fingerprint density at radius 2 is 2.35 bits per heavy atom. The molecule has 3 rings (SSSR count). The lowest BCUT2D eigenvalue weighted by Gasteiger charge is -2.03. The molecule has 0 saturated heterocycles. The summed E-state index contributed by atoms with van der Waals surface area (Å²) in [5.74, 6) is 1.20. The van der Waals surface area contributed by atoms with E-state index in [0.717, 1.165) is 5.56 Å². The van der Waals surface area contributed by atoms with Crippen molar-refractivity contribution in [1.29, 1.82) is 0 Å². The number of nitrogens with one attached hydrogen (secondary N) is 2. The van der Waals surface area contributed by atoms with E-state index in [2.05, 4.69) is 36.1 Å². The summed E-state index contributed by atoms with van der Waals surface area (Å²) in [4.78, 5) is 0. The van der Waals surface area contributed by atoms with Crippen LogP contribution in [0, 0.1) is 0 Å². The van der Waals surface area contributed by atoms with E-state index in [1.54, 1.807) is 18.3 Å². The molecule has 9 heteroatoms. The van der Waals surface area contributed by atoms with Crippen LogP contribution in [0.1, 0.15) is 5.56 Å². The molecule has 3 aromatic heterocycles. The number of hydrogen-bond donors (Lipinski definition) is 3. The number of H-pyrrole nitrogens is 1. The van der Waals surface area contributed by atoms with Crippen LogP contribution in [0.5, 0.6) is 0 Å². The summed E-state index contributed by atoms with van der Waals surface area (Å²) < 4.78 is 1.35. The molecule has 0 fully saturated rings. The van der Waals surface area contributed by atoms with E-state index in [-0.39, 0.29) is 0 Å². The molecule has 0 bridgehead atoms. The summed E-state index contributed by atoms with van der Waals surface area (Å²) in [6.07, 6.45) is 1.66. The van der Waals surface area contributed by atoms with Gasteiger partial charge in [-0.05, 0) is 22.6 Å². The molecule has 0 radical (unpaired) electrons. The van der Waals surface area contributed by atoms with Crippen LogP contribution in [0.3, 0.4) is 0 Å². The van der Waals surface area contributed by atoms with Crippen molar-refractivity contribution in [3.8, 4) is 0 Å². The topological polar surface area (TPSA) is 123 Å². The molecule has 0 aromatic carbocycles. The summed E-state index contributed by atoms with van der Waals surface area (Å²) in [6, 6.07) is 3.57. The molecule has 0 aliphatic carbocycles. The van der Waals surface area contributed by atoms with Crippen LogP contribution in [0.25, 0.3) is 5.65 Å². The lowest BCUT2D eigenvalue weighted by molar-refractivity contribution is 0.734. The summed E-state index contributed by atoms with van der Waals surface area (Å²) in [5, 5.41) is 24.7. The van der Waals surface area contributed by atoms with Crippen molar-refractivity contribution in [2.24, 2.45) is 0 Å². The summed E-state index contributed by atoms with van der Waals surface area (Å²) in [5.41, 5.74) is 7.14. The number of fused-ring (bicyclic) bond motifs is 1. The quantitative estimate of drug-likeness (QED) is 0.551. The minimum absolute atomic E-state index is 0.531. The van der Waals surface area contributed by atoms with Crippen LogP contribution in [-0.2, 0) is 6.54 Å². The fourth-order valence-corrected chi connectivity index (χ4v) is 1.39. The average molecular weight is 231 g/mol. The highest BCUT2D eigenvalue weighted by atomic mass is 15.6. The maximum Gasteiger partial charge on any atom is 0.200 e. The van der Waals surface area contributed by atoms with E-state index in [0.29, 0.717) is 23.8 Å². The SMILES string of the molecule is Nc1[nH]ncc1CNc1ccc2nnnn2n1. The van der Waals surface area contributed by atoms with Crippen LogP contribution in [0.2, 0.25) is 0 Å². The second-order valence-corrected chi connectivity index (χ2v) is 3.41. The maximum absolute atomic E-state index is 5.66. The second-order valence-electron chi connectivity index (χ2n) is 3.41. The molecule has 9 nitrogen and oxygen atoms in total. The van der Waals surface area contributed by atoms with Gasteiger partial charge in [0.15, 0.2) is 5.65 Å². The highest BCUT2D eigenvalue weighted by Gasteiger charge is 2.03. The largest absolute Gasteiger partial charge is 0.384 e. The number of rotatable bonds is 3. The molecule has 0 unspecified atom stereocenters. The molecule has 0 amide bonds. The Labute approximate surface area is 95.0 Å². The standard InChI is InChI=1S/C8H9N9/c9-8-5(4-11-13-8)3-10-6-1-2-7-12-15-16-17(7)14-6/h1-2,4H,3H2,(H,10,14)(H3,9,11,13). The first-order chi connectivity index (χ1) is 8.33. The van der Waals surface area contributed by atoms with Crippen LogP contribution >= 0.6 is 0 Å².